The van der Waals surface area contributed by atoms with Crippen molar-refractivity contribution in [3.63, 3.8) is 0 Å². The lowest BCUT2D eigenvalue weighted by atomic mass is 10.1. The molecule has 1 N–H and O–H groups in total. The van der Waals surface area contributed by atoms with Gasteiger partial charge in [0.2, 0.25) is 0 Å². The highest BCUT2D eigenvalue weighted by molar-refractivity contribution is 5.95. The van der Waals surface area contributed by atoms with E-state index in [2.05, 4.69) is 9.72 Å². The molecule has 0 bridgehead atoms. The summed E-state index contributed by atoms with van der Waals surface area (Å²) in [5.41, 5.74) is 0.831. The molecule has 0 amide bonds. The summed E-state index contributed by atoms with van der Waals surface area (Å²) in [6.45, 7) is 4.04. The van der Waals surface area contributed by atoms with Crippen LogP contribution >= 0.6 is 0 Å². The number of esters is 1. The van der Waals surface area contributed by atoms with Gasteiger partial charge in [-0.2, -0.15) is 0 Å². The van der Waals surface area contributed by atoms with Crippen molar-refractivity contribution in [2.75, 3.05) is 7.11 Å². The lowest BCUT2D eigenvalue weighted by Crippen LogP contribution is -2.05. The van der Waals surface area contributed by atoms with Gasteiger partial charge in [-0.15, -0.1) is 0 Å². The maximum Gasteiger partial charge on any atom is 0.356 e. The smallest absolute Gasteiger partial charge is 0.356 e. The molecule has 6 heteroatoms. The molecule has 2 aromatic heterocycles. The lowest BCUT2D eigenvalue weighted by Gasteiger charge is -2.05. The van der Waals surface area contributed by atoms with E-state index in [0.29, 0.717) is 29.2 Å². The van der Waals surface area contributed by atoms with Gasteiger partial charge in [-0.25, -0.2) is 14.6 Å². The zero-order valence-corrected chi connectivity index (χ0v) is 11.6. The summed E-state index contributed by atoms with van der Waals surface area (Å²) in [4.78, 5) is 26.9. The van der Waals surface area contributed by atoms with Crippen molar-refractivity contribution in [1.29, 1.82) is 0 Å². The van der Waals surface area contributed by atoms with Crippen molar-refractivity contribution < 1.29 is 19.4 Å². The Morgan fingerprint density at radius 1 is 1.40 bits per heavy atom. The van der Waals surface area contributed by atoms with Crippen molar-refractivity contribution >= 4 is 17.5 Å². The highest BCUT2D eigenvalue weighted by Crippen LogP contribution is 2.18. The lowest BCUT2D eigenvalue weighted by molar-refractivity contribution is 0.0599. The van der Waals surface area contributed by atoms with Gasteiger partial charge in [-0.3, -0.25) is 0 Å². The number of imidazole rings is 1. The number of pyridine rings is 1. The van der Waals surface area contributed by atoms with Crippen LogP contribution in [0.15, 0.2) is 18.3 Å². The minimum absolute atomic E-state index is 0.00272. The van der Waals surface area contributed by atoms with Crippen LogP contribution in [0.3, 0.4) is 0 Å². The van der Waals surface area contributed by atoms with E-state index in [0.717, 1.165) is 0 Å². The summed E-state index contributed by atoms with van der Waals surface area (Å²) >= 11 is 0. The summed E-state index contributed by atoms with van der Waals surface area (Å²) in [6.07, 6.45) is 2.19. The van der Waals surface area contributed by atoms with Gasteiger partial charge in [-0.1, -0.05) is 13.8 Å². The Balaban J connectivity index is 2.64. The third-order valence-corrected chi connectivity index (χ3v) is 2.92. The normalized spacial score (nSPS) is 11.0. The number of methoxy groups -OCH3 is 1. The molecule has 0 fully saturated rings. The van der Waals surface area contributed by atoms with E-state index in [1.807, 2.05) is 13.8 Å². The molecule has 0 unspecified atom stereocenters. The van der Waals surface area contributed by atoms with Crippen molar-refractivity contribution in [3.05, 3.63) is 35.4 Å². The average molecular weight is 276 g/mol. The molecule has 6 nitrogen and oxygen atoms in total. The SMILES string of the molecule is COC(=O)c1ccc2c(C(=O)O)nc(CC(C)C)n2c1. The van der Waals surface area contributed by atoms with Crippen LogP contribution in [0.5, 0.6) is 0 Å². The van der Waals surface area contributed by atoms with Crippen LogP contribution in [0.25, 0.3) is 5.52 Å². The maximum absolute atomic E-state index is 11.6. The fourth-order valence-corrected chi connectivity index (χ4v) is 2.05. The number of nitrogens with zero attached hydrogens (tertiary/aromatic N) is 2. The zero-order chi connectivity index (χ0) is 14.9. The second-order valence-electron chi connectivity index (χ2n) is 4.94. The van der Waals surface area contributed by atoms with E-state index in [4.69, 9.17) is 0 Å². The number of ether oxygens (including phenoxy) is 1. The van der Waals surface area contributed by atoms with E-state index >= 15 is 0 Å². The molecule has 0 saturated carbocycles. The van der Waals surface area contributed by atoms with Gasteiger partial charge in [0, 0.05) is 12.6 Å². The maximum atomic E-state index is 11.6. The van der Waals surface area contributed by atoms with Gasteiger partial charge in [-0.05, 0) is 18.1 Å². The summed E-state index contributed by atoms with van der Waals surface area (Å²) in [7, 11) is 1.30. The molecule has 0 atom stereocenters. The summed E-state index contributed by atoms with van der Waals surface area (Å²) in [6, 6.07) is 3.11. The molecule has 0 radical (unpaired) electrons. The predicted octanol–water partition coefficient (Wildman–Crippen LogP) is 2.02. The molecule has 0 saturated heterocycles. The van der Waals surface area contributed by atoms with E-state index in [-0.39, 0.29) is 5.69 Å². The number of carbonyl (C=O) groups is 2. The van der Waals surface area contributed by atoms with Crippen LogP contribution in [0.1, 0.15) is 40.5 Å². The van der Waals surface area contributed by atoms with Crippen molar-refractivity contribution in [2.45, 2.75) is 20.3 Å². The minimum atomic E-state index is -1.08. The second kappa shape index (κ2) is 5.32. The molecule has 2 aromatic rings. The monoisotopic (exact) mass is 276 g/mol. The topological polar surface area (TPSA) is 80.9 Å². The predicted molar refractivity (Wildman–Crippen MR) is 72.0 cm³/mol. The molecular weight excluding hydrogens is 260 g/mol. The first kappa shape index (κ1) is 14.0. The van der Waals surface area contributed by atoms with Gasteiger partial charge in [0.1, 0.15) is 5.82 Å². The average Bonchev–Trinajstić information content (AvgIpc) is 2.75. The number of carboxylic acid groups (broad SMARTS) is 1. The molecule has 2 heterocycles. The van der Waals surface area contributed by atoms with E-state index in [1.54, 1.807) is 16.7 Å². The van der Waals surface area contributed by atoms with Gasteiger partial charge in [0.15, 0.2) is 5.69 Å². The van der Waals surface area contributed by atoms with Crippen LogP contribution in [0, 0.1) is 5.92 Å². The highest BCUT2D eigenvalue weighted by Gasteiger charge is 2.18. The van der Waals surface area contributed by atoms with Gasteiger partial charge < -0.3 is 14.2 Å². The number of fused-ring (bicyclic) bond motifs is 1. The molecule has 0 aliphatic heterocycles. The van der Waals surface area contributed by atoms with Gasteiger partial charge >= 0.3 is 11.9 Å². The second-order valence-corrected chi connectivity index (χ2v) is 4.94. The Hall–Kier alpha value is -2.37. The fraction of sp³-hybridized carbons (Fsp3) is 0.357. The number of carbonyl (C=O) groups excluding carboxylic acids is 1. The number of aromatic nitrogens is 2. The van der Waals surface area contributed by atoms with Crippen LogP contribution < -0.4 is 0 Å². The Labute approximate surface area is 116 Å². The minimum Gasteiger partial charge on any atom is -0.476 e. The molecule has 0 spiro atoms. The number of aromatic carboxylic acids is 1. The molecule has 0 aliphatic carbocycles. The first-order chi connectivity index (χ1) is 9.43. The van der Waals surface area contributed by atoms with Crippen LogP contribution in [0.2, 0.25) is 0 Å². The zero-order valence-electron chi connectivity index (χ0n) is 11.6. The third kappa shape index (κ3) is 2.49. The number of hydrogen-bond acceptors (Lipinski definition) is 4. The first-order valence-electron chi connectivity index (χ1n) is 6.26. The van der Waals surface area contributed by atoms with Crippen LogP contribution in [-0.2, 0) is 11.2 Å². The molecule has 2 rings (SSSR count). The molecule has 0 aliphatic rings. The summed E-state index contributed by atoms with van der Waals surface area (Å²) < 4.78 is 6.32. The van der Waals surface area contributed by atoms with Crippen molar-refractivity contribution in [3.8, 4) is 0 Å². The van der Waals surface area contributed by atoms with E-state index in [9.17, 15) is 14.7 Å². The number of rotatable bonds is 4. The molecule has 0 aromatic carbocycles. The first-order valence-corrected chi connectivity index (χ1v) is 6.26. The standard InChI is InChI=1S/C14H16N2O4/c1-8(2)6-11-15-12(13(17)18)10-5-4-9(7-16(10)11)14(19)20-3/h4-5,7-8H,6H2,1-3H3,(H,17,18). The molecular formula is C14H16N2O4. The molecule has 20 heavy (non-hydrogen) atoms. The Morgan fingerprint density at radius 2 is 2.10 bits per heavy atom. The summed E-state index contributed by atoms with van der Waals surface area (Å²) in [5.74, 6) is -0.599. The van der Waals surface area contributed by atoms with E-state index < -0.39 is 11.9 Å². The van der Waals surface area contributed by atoms with Crippen molar-refractivity contribution in [2.24, 2.45) is 5.92 Å². The Morgan fingerprint density at radius 3 is 2.65 bits per heavy atom. The van der Waals surface area contributed by atoms with Crippen molar-refractivity contribution in [1.82, 2.24) is 9.38 Å². The van der Waals surface area contributed by atoms with Crippen LogP contribution in [-0.4, -0.2) is 33.5 Å². The van der Waals surface area contributed by atoms with Gasteiger partial charge in [0.25, 0.3) is 0 Å². The quantitative estimate of drug-likeness (QED) is 0.864. The largest absolute Gasteiger partial charge is 0.476 e. The van der Waals surface area contributed by atoms with E-state index in [1.165, 1.54) is 13.2 Å². The Bertz CT molecular complexity index is 673. The third-order valence-electron chi connectivity index (χ3n) is 2.92. The number of carboxylic acids is 1. The fourth-order valence-electron chi connectivity index (χ4n) is 2.05. The highest BCUT2D eigenvalue weighted by atomic mass is 16.5. The number of hydrogen-bond donors (Lipinski definition) is 1. The summed E-state index contributed by atoms with van der Waals surface area (Å²) in [5, 5.41) is 9.19. The van der Waals surface area contributed by atoms with Gasteiger partial charge in [0.05, 0.1) is 18.2 Å². The van der Waals surface area contributed by atoms with Crippen LogP contribution in [0.4, 0.5) is 0 Å². The Kier molecular flexibility index (Phi) is 3.74. The molecule has 106 valence electrons.